The molecule has 2 heterocycles. The first kappa shape index (κ1) is 13.7. The molecule has 23 heavy (non-hydrogen) atoms. The molecule has 0 fully saturated rings. The highest BCUT2D eigenvalue weighted by Gasteiger charge is 2.20. The molecule has 5 nitrogen and oxygen atoms in total. The molecule has 0 atom stereocenters. The normalized spacial score (nSPS) is 11.8. The van der Waals surface area contributed by atoms with E-state index >= 15 is 0 Å². The summed E-state index contributed by atoms with van der Waals surface area (Å²) in [6.07, 6.45) is 0. The van der Waals surface area contributed by atoms with Gasteiger partial charge in [0.1, 0.15) is 16.6 Å². The van der Waals surface area contributed by atoms with Crippen LogP contribution in [0.4, 0.5) is 0 Å². The predicted octanol–water partition coefficient (Wildman–Crippen LogP) is 4.03. The van der Waals surface area contributed by atoms with Crippen molar-refractivity contribution in [3.8, 4) is 11.5 Å². The quantitative estimate of drug-likeness (QED) is 0.378. The molecule has 2 aromatic heterocycles. The Morgan fingerprint density at radius 1 is 0.870 bits per heavy atom. The Balaban J connectivity index is 2.34. The fourth-order valence-electron chi connectivity index (χ4n) is 2.96. The predicted molar refractivity (Wildman–Crippen MR) is 87.3 cm³/mol. The van der Waals surface area contributed by atoms with Crippen molar-refractivity contribution in [2.24, 2.45) is 0 Å². The zero-order valence-electron chi connectivity index (χ0n) is 12.9. The van der Waals surface area contributed by atoms with E-state index < -0.39 is 5.63 Å². The first-order valence-electron chi connectivity index (χ1n) is 7.20. The molecule has 0 radical (unpaired) electrons. The van der Waals surface area contributed by atoms with Crippen LogP contribution in [0.3, 0.4) is 0 Å². The first-order valence-corrected chi connectivity index (χ1v) is 7.20. The van der Waals surface area contributed by atoms with E-state index in [-0.39, 0.29) is 16.9 Å². The van der Waals surface area contributed by atoms with Gasteiger partial charge in [-0.25, -0.2) is 4.79 Å². The zero-order valence-corrected chi connectivity index (χ0v) is 12.9. The largest absolute Gasteiger partial charge is 0.504 e. The van der Waals surface area contributed by atoms with E-state index in [9.17, 15) is 15.0 Å². The third-order valence-corrected chi connectivity index (χ3v) is 4.41. The second-order valence-electron chi connectivity index (χ2n) is 5.87. The monoisotopic (exact) mass is 310 g/mol. The van der Waals surface area contributed by atoms with Crippen molar-refractivity contribution in [3.63, 3.8) is 0 Å². The molecule has 0 spiro atoms. The lowest BCUT2D eigenvalue weighted by atomic mass is 10.0. The maximum absolute atomic E-state index is 12.4. The van der Waals surface area contributed by atoms with E-state index in [1.165, 1.54) is 6.07 Å². The van der Waals surface area contributed by atoms with E-state index in [1.807, 2.05) is 19.9 Å². The second-order valence-corrected chi connectivity index (χ2v) is 5.87. The van der Waals surface area contributed by atoms with Crippen molar-refractivity contribution >= 4 is 32.9 Å². The summed E-state index contributed by atoms with van der Waals surface area (Å²) in [5, 5.41) is 21.1. The Hall–Kier alpha value is -2.95. The van der Waals surface area contributed by atoms with Crippen LogP contribution in [0.15, 0.2) is 31.8 Å². The summed E-state index contributed by atoms with van der Waals surface area (Å²) in [5.41, 5.74) is 3.15. The molecule has 0 saturated heterocycles. The molecule has 0 aliphatic heterocycles. The lowest BCUT2D eigenvalue weighted by molar-refractivity contribution is 0.401. The average molecular weight is 310 g/mol. The van der Waals surface area contributed by atoms with Crippen LogP contribution in [0, 0.1) is 20.8 Å². The van der Waals surface area contributed by atoms with Gasteiger partial charge in [0.05, 0.1) is 5.39 Å². The standard InChI is InChI=1S/C18H14O5/c1-7-4-10-13(5-8(7)2)22-18(21)14-11-6-12(19)15(20)9(3)16(11)23-17(10)14/h4-6,19-20H,1-3H3. The molecule has 5 heteroatoms. The smallest absolute Gasteiger partial charge is 0.348 e. The Labute approximate surface area is 130 Å². The Bertz CT molecular complexity index is 1180. The summed E-state index contributed by atoms with van der Waals surface area (Å²) in [7, 11) is 0. The summed E-state index contributed by atoms with van der Waals surface area (Å²) in [6.45, 7) is 5.54. The van der Waals surface area contributed by atoms with Gasteiger partial charge in [-0.1, -0.05) is 0 Å². The number of hydrogen-bond donors (Lipinski definition) is 2. The van der Waals surface area contributed by atoms with Gasteiger partial charge in [0, 0.05) is 10.9 Å². The molecule has 0 amide bonds. The van der Waals surface area contributed by atoms with E-state index in [0.717, 1.165) is 11.1 Å². The van der Waals surface area contributed by atoms with Gasteiger partial charge < -0.3 is 19.0 Å². The van der Waals surface area contributed by atoms with Crippen LogP contribution in [-0.2, 0) is 0 Å². The fraction of sp³-hybridized carbons (Fsp3) is 0.167. The van der Waals surface area contributed by atoms with Gasteiger partial charge in [-0.05, 0) is 50.1 Å². The lowest BCUT2D eigenvalue weighted by Crippen LogP contribution is -1.99. The SMILES string of the molecule is Cc1cc2oc(=O)c3c4cc(O)c(O)c(C)c4oc3c2cc1C. The van der Waals surface area contributed by atoms with Crippen LogP contribution < -0.4 is 5.63 Å². The van der Waals surface area contributed by atoms with Crippen molar-refractivity contribution in [1.29, 1.82) is 0 Å². The number of aryl methyl sites for hydroxylation is 3. The lowest BCUT2D eigenvalue weighted by Gasteiger charge is -2.02. The maximum Gasteiger partial charge on any atom is 0.348 e. The van der Waals surface area contributed by atoms with Gasteiger partial charge in [0.25, 0.3) is 0 Å². The van der Waals surface area contributed by atoms with Crippen LogP contribution in [0.25, 0.3) is 32.9 Å². The van der Waals surface area contributed by atoms with Crippen LogP contribution in [0.1, 0.15) is 16.7 Å². The van der Waals surface area contributed by atoms with Crippen molar-refractivity contribution in [2.75, 3.05) is 0 Å². The molecule has 0 unspecified atom stereocenters. The van der Waals surface area contributed by atoms with Crippen LogP contribution in [0.5, 0.6) is 11.5 Å². The van der Waals surface area contributed by atoms with E-state index in [1.54, 1.807) is 13.0 Å². The van der Waals surface area contributed by atoms with E-state index in [4.69, 9.17) is 8.83 Å². The summed E-state index contributed by atoms with van der Waals surface area (Å²) in [4.78, 5) is 12.4. The molecule has 0 aliphatic rings. The summed E-state index contributed by atoms with van der Waals surface area (Å²) >= 11 is 0. The fourth-order valence-corrected chi connectivity index (χ4v) is 2.96. The van der Waals surface area contributed by atoms with Crippen LogP contribution in [0.2, 0.25) is 0 Å². The molecular formula is C18H14O5. The number of benzene rings is 2. The Kier molecular flexibility index (Phi) is 2.55. The molecule has 0 bridgehead atoms. The van der Waals surface area contributed by atoms with Crippen molar-refractivity contribution in [2.45, 2.75) is 20.8 Å². The van der Waals surface area contributed by atoms with E-state index in [2.05, 4.69) is 0 Å². The average Bonchev–Trinajstić information content (AvgIpc) is 2.87. The highest BCUT2D eigenvalue weighted by Crippen LogP contribution is 2.40. The van der Waals surface area contributed by atoms with Crippen molar-refractivity contribution in [1.82, 2.24) is 0 Å². The number of hydrogen-bond acceptors (Lipinski definition) is 5. The van der Waals surface area contributed by atoms with Gasteiger partial charge in [0.2, 0.25) is 0 Å². The minimum atomic E-state index is -0.529. The molecule has 2 aromatic carbocycles. The number of rotatable bonds is 0. The van der Waals surface area contributed by atoms with Gasteiger partial charge in [-0.2, -0.15) is 0 Å². The van der Waals surface area contributed by atoms with Crippen molar-refractivity contribution in [3.05, 3.63) is 45.3 Å². The van der Waals surface area contributed by atoms with Gasteiger partial charge in [0.15, 0.2) is 17.1 Å². The van der Waals surface area contributed by atoms with Crippen molar-refractivity contribution < 1.29 is 19.0 Å². The summed E-state index contributed by atoms with van der Waals surface area (Å²) in [5.74, 6) is -0.547. The number of furan rings is 1. The summed E-state index contributed by atoms with van der Waals surface area (Å²) in [6, 6.07) is 5.04. The molecule has 116 valence electrons. The van der Waals surface area contributed by atoms with Gasteiger partial charge in [-0.3, -0.25) is 0 Å². The first-order chi connectivity index (χ1) is 10.9. The second kappa shape index (κ2) is 4.29. The minimum Gasteiger partial charge on any atom is -0.504 e. The highest BCUT2D eigenvalue weighted by molar-refractivity contribution is 6.14. The Morgan fingerprint density at radius 3 is 2.30 bits per heavy atom. The molecule has 0 saturated carbocycles. The van der Waals surface area contributed by atoms with Crippen LogP contribution >= 0.6 is 0 Å². The molecule has 4 rings (SSSR count). The summed E-state index contributed by atoms with van der Waals surface area (Å²) < 4.78 is 11.3. The number of phenolic OH excluding ortho intramolecular Hbond substituents is 2. The number of phenols is 2. The van der Waals surface area contributed by atoms with Gasteiger partial charge >= 0.3 is 5.63 Å². The molecular weight excluding hydrogens is 296 g/mol. The molecule has 4 aromatic rings. The Morgan fingerprint density at radius 2 is 1.57 bits per heavy atom. The number of aromatic hydroxyl groups is 2. The van der Waals surface area contributed by atoms with E-state index in [0.29, 0.717) is 33.1 Å². The highest BCUT2D eigenvalue weighted by atomic mass is 16.4. The third-order valence-electron chi connectivity index (χ3n) is 4.41. The topological polar surface area (TPSA) is 83.8 Å². The molecule has 0 aliphatic carbocycles. The van der Waals surface area contributed by atoms with Gasteiger partial charge in [-0.15, -0.1) is 0 Å². The third kappa shape index (κ3) is 1.70. The van der Waals surface area contributed by atoms with Crippen LogP contribution in [-0.4, -0.2) is 10.2 Å². The maximum atomic E-state index is 12.4. The number of fused-ring (bicyclic) bond motifs is 5. The minimum absolute atomic E-state index is 0.253. The molecule has 2 N–H and O–H groups in total. The zero-order chi connectivity index (χ0) is 16.5.